The highest BCUT2D eigenvalue weighted by atomic mass is 15.2. The molecule has 32 heavy (non-hydrogen) atoms. The molecule has 2 aliphatic heterocycles. The van der Waals surface area contributed by atoms with Crippen molar-refractivity contribution in [1.29, 1.82) is 0 Å². The zero-order chi connectivity index (χ0) is 24.4. The van der Waals surface area contributed by atoms with Crippen molar-refractivity contribution in [3.63, 3.8) is 0 Å². The summed E-state index contributed by atoms with van der Waals surface area (Å²) in [7, 11) is 0. The number of nitrogens with zero attached hydrogens (tertiary/aromatic N) is 2. The molecule has 0 aliphatic carbocycles. The number of hydrogen-bond acceptors (Lipinski definition) is 2. The van der Waals surface area contributed by atoms with Crippen molar-refractivity contribution in [2.75, 3.05) is 22.9 Å². The highest BCUT2D eigenvalue weighted by Crippen LogP contribution is 2.33. The van der Waals surface area contributed by atoms with Crippen LogP contribution in [0.2, 0.25) is 0 Å². The Morgan fingerprint density at radius 3 is 1.16 bits per heavy atom. The van der Waals surface area contributed by atoms with Crippen LogP contribution in [0.3, 0.4) is 0 Å². The Hall–Kier alpha value is -1.96. The number of aryl methyl sites for hydroxylation is 2. The van der Waals surface area contributed by atoms with Gasteiger partial charge in [-0.25, -0.2) is 0 Å². The second-order valence-electron chi connectivity index (χ2n) is 10.1. The Kier molecular flexibility index (Phi) is 11.3. The van der Waals surface area contributed by atoms with Gasteiger partial charge in [0.1, 0.15) is 0 Å². The predicted octanol–water partition coefficient (Wildman–Crippen LogP) is 8.53. The summed E-state index contributed by atoms with van der Waals surface area (Å²) in [5, 5.41) is 0. The predicted molar refractivity (Wildman–Crippen MR) is 146 cm³/mol. The van der Waals surface area contributed by atoms with Crippen LogP contribution in [0.5, 0.6) is 0 Å². The summed E-state index contributed by atoms with van der Waals surface area (Å²) >= 11 is 0. The average molecular weight is 439 g/mol. The van der Waals surface area contributed by atoms with Gasteiger partial charge < -0.3 is 9.80 Å². The van der Waals surface area contributed by atoms with Gasteiger partial charge in [0, 0.05) is 35.5 Å². The molecule has 0 atom stereocenters. The van der Waals surface area contributed by atoms with Gasteiger partial charge in [0.25, 0.3) is 0 Å². The van der Waals surface area contributed by atoms with Crippen LogP contribution in [-0.2, 0) is 12.8 Å². The second kappa shape index (κ2) is 12.9. The van der Waals surface area contributed by atoms with E-state index in [0.29, 0.717) is 0 Å². The molecule has 0 saturated heterocycles. The number of fused-ring (bicyclic) bond motifs is 2. The first kappa shape index (κ1) is 28.1. The molecule has 2 aromatic rings. The number of hydrogen-bond donors (Lipinski definition) is 0. The van der Waals surface area contributed by atoms with Crippen molar-refractivity contribution < 1.29 is 0 Å². The summed E-state index contributed by atoms with van der Waals surface area (Å²) in [6, 6.07) is 17.6. The molecule has 0 bridgehead atoms. The molecule has 0 aromatic heterocycles. The molecule has 0 unspecified atom stereocenters. The smallest absolute Gasteiger partial charge is 0.0403 e. The van der Waals surface area contributed by atoms with Crippen LogP contribution >= 0.6 is 0 Å². The number of anilines is 2. The fourth-order valence-corrected chi connectivity index (χ4v) is 4.46. The van der Waals surface area contributed by atoms with E-state index in [1.165, 1.54) is 61.3 Å². The fraction of sp³-hybridized carbons (Fsp3) is 0.600. The summed E-state index contributed by atoms with van der Waals surface area (Å²) in [5.41, 5.74) is 6.38. The van der Waals surface area contributed by atoms with Crippen LogP contribution in [-0.4, -0.2) is 24.2 Å². The van der Waals surface area contributed by atoms with E-state index < -0.39 is 0 Å². The Bertz CT molecular complexity index is 712. The van der Waals surface area contributed by atoms with Crippen LogP contribution in [0.4, 0.5) is 11.4 Å². The molecule has 2 aliphatic rings. The molecule has 2 aromatic carbocycles. The van der Waals surface area contributed by atoms with Gasteiger partial charge in [-0.05, 0) is 90.5 Å². The minimum atomic E-state index is 0.247. The lowest BCUT2D eigenvalue weighted by atomic mass is 9.96. The standard InChI is InChI=1S/2C13H19N.2C2H6/c2*1-13(2,3)14-10-6-8-11-7-4-5-9-12(11)14;2*1-2/h2*4-5,7,9H,6,8,10H2,1-3H3;2*1-2H3. The Labute approximate surface area is 200 Å². The SMILES string of the molecule is CC.CC.CC(C)(C)N1CCCc2ccccc21.CC(C)(C)N1CCCc2ccccc21. The number of para-hydroxylation sites is 2. The van der Waals surface area contributed by atoms with Gasteiger partial charge in [0.2, 0.25) is 0 Å². The van der Waals surface area contributed by atoms with Gasteiger partial charge in [-0.15, -0.1) is 0 Å². The largest absolute Gasteiger partial charge is 0.366 e. The average Bonchev–Trinajstić information content (AvgIpc) is 2.80. The quantitative estimate of drug-likeness (QED) is 0.406. The molecule has 0 radical (unpaired) electrons. The van der Waals surface area contributed by atoms with Crippen molar-refractivity contribution in [3.05, 3.63) is 59.7 Å². The van der Waals surface area contributed by atoms with E-state index in [4.69, 9.17) is 0 Å². The van der Waals surface area contributed by atoms with E-state index in [1.54, 1.807) is 0 Å². The Morgan fingerprint density at radius 2 is 0.844 bits per heavy atom. The fourth-order valence-electron chi connectivity index (χ4n) is 4.46. The number of benzene rings is 2. The van der Waals surface area contributed by atoms with E-state index in [-0.39, 0.29) is 11.1 Å². The van der Waals surface area contributed by atoms with Crippen molar-refractivity contribution >= 4 is 11.4 Å². The van der Waals surface area contributed by atoms with Gasteiger partial charge in [0.15, 0.2) is 0 Å². The molecule has 0 N–H and O–H groups in total. The molecule has 2 nitrogen and oxygen atoms in total. The maximum absolute atomic E-state index is 2.52. The van der Waals surface area contributed by atoms with Crippen LogP contribution < -0.4 is 9.80 Å². The zero-order valence-electron chi connectivity index (χ0n) is 22.8. The highest BCUT2D eigenvalue weighted by molar-refractivity contribution is 5.57. The first-order valence-electron chi connectivity index (χ1n) is 12.9. The molecule has 4 rings (SSSR count). The van der Waals surface area contributed by atoms with Crippen molar-refractivity contribution in [3.8, 4) is 0 Å². The van der Waals surface area contributed by atoms with Crippen LogP contribution in [0.1, 0.15) is 93.2 Å². The topological polar surface area (TPSA) is 6.48 Å². The van der Waals surface area contributed by atoms with E-state index in [0.717, 1.165) is 0 Å². The Balaban J connectivity index is 0.000000277. The van der Waals surface area contributed by atoms with Gasteiger partial charge >= 0.3 is 0 Å². The van der Waals surface area contributed by atoms with Crippen molar-refractivity contribution in [1.82, 2.24) is 0 Å². The lowest BCUT2D eigenvalue weighted by molar-refractivity contribution is 0.483. The van der Waals surface area contributed by atoms with Gasteiger partial charge in [-0.1, -0.05) is 64.1 Å². The molecule has 0 amide bonds. The third-order valence-electron chi connectivity index (χ3n) is 5.84. The van der Waals surface area contributed by atoms with Crippen LogP contribution in [0, 0.1) is 0 Å². The van der Waals surface area contributed by atoms with E-state index in [2.05, 4.69) is 99.9 Å². The van der Waals surface area contributed by atoms with Crippen molar-refractivity contribution in [2.45, 2.75) is 106 Å². The van der Waals surface area contributed by atoms with Gasteiger partial charge in [-0.3, -0.25) is 0 Å². The van der Waals surface area contributed by atoms with E-state index >= 15 is 0 Å². The first-order valence-corrected chi connectivity index (χ1v) is 12.9. The van der Waals surface area contributed by atoms with Gasteiger partial charge in [0.05, 0.1) is 0 Å². The van der Waals surface area contributed by atoms with Crippen LogP contribution in [0.25, 0.3) is 0 Å². The molecule has 0 saturated carbocycles. The maximum atomic E-state index is 2.52. The minimum absolute atomic E-state index is 0.247. The van der Waals surface area contributed by atoms with Crippen LogP contribution in [0.15, 0.2) is 48.5 Å². The summed E-state index contributed by atoms with van der Waals surface area (Å²) in [5.74, 6) is 0. The highest BCUT2D eigenvalue weighted by Gasteiger charge is 2.26. The summed E-state index contributed by atoms with van der Waals surface area (Å²) in [6.45, 7) is 24.1. The third kappa shape index (κ3) is 7.57. The van der Waals surface area contributed by atoms with E-state index in [1.807, 2.05) is 27.7 Å². The third-order valence-corrected chi connectivity index (χ3v) is 5.84. The summed E-state index contributed by atoms with van der Waals surface area (Å²) in [4.78, 5) is 5.04. The molecule has 0 spiro atoms. The van der Waals surface area contributed by atoms with Gasteiger partial charge in [-0.2, -0.15) is 0 Å². The zero-order valence-corrected chi connectivity index (χ0v) is 22.8. The normalized spacial score (nSPS) is 14.9. The molecular formula is C30H50N2. The minimum Gasteiger partial charge on any atom is -0.366 e. The van der Waals surface area contributed by atoms with Crippen molar-refractivity contribution in [2.24, 2.45) is 0 Å². The monoisotopic (exact) mass is 438 g/mol. The summed E-state index contributed by atoms with van der Waals surface area (Å²) in [6.07, 6.45) is 5.05. The molecule has 2 heterocycles. The summed E-state index contributed by atoms with van der Waals surface area (Å²) < 4.78 is 0. The molecular weight excluding hydrogens is 388 g/mol. The number of rotatable bonds is 0. The lowest BCUT2D eigenvalue weighted by Crippen LogP contribution is -2.44. The molecule has 180 valence electrons. The maximum Gasteiger partial charge on any atom is 0.0403 e. The molecule has 2 heteroatoms. The lowest BCUT2D eigenvalue weighted by Gasteiger charge is -2.41. The molecule has 0 fully saturated rings. The Morgan fingerprint density at radius 1 is 0.531 bits per heavy atom. The second-order valence-corrected chi connectivity index (χ2v) is 10.1. The van der Waals surface area contributed by atoms with E-state index in [9.17, 15) is 0 Å². The first-order chi connectivity index (χ1) is 15.2.